The number of pyridine rings is 1. The molecule has 1 aromatic heterocycles. The Balaban J connectivity index is 1.41. The monoisotopic (exact) mass is 424 g/mol. The minimum Gasteiger partial charge on any atom is -0.453 e. The lowest BCUT2D eigenvalue weighted by Crippen LogP contribution is -2.29. The summed E-state index contributed by atoms with van der Waals surface area (Å²) < 4.78 is 33.4. The number of benzene rings is 2. The van der Waals surface area contributed by atoms with Crippen LogP contribution in [0.25, 0.3) is 6.08 Å². The number of hydrogen-bond acceptors (Lipinski definition) is 4. The minimum absolute atomic E-state index is 0.0722. The van der Waals surface area contributed by atoms with Crippen LogP contribution in [-0.4, -0.2) is 16.6 Å². The highest BCUT2D eigenvalue weighted by Crippen LogP contribution is 2.36. The van der Waals surface area contributed by atoms with Crippen molar-refractivity contribution in [2.24, 2.45) is 0 Å². The molecule has 152 valence electrons. The molecule has 1 aliphatic heterocycles. The molecule has 0 saturated carbocycles. The van der Waals surface area contributed by atoms with E-state index >= 15 is 0 Å². The largest absolute Gasteiger partial charge is 0.453 e. The van der Waals surface area contributed by atoms with Gasteiger partial charge in [-0.05, 0) is 66.1 Å². The molecule has 0 saturated heterocycles. The molecule has 1 aliphatic rings. The molecule has 4 nitrogen and oxygen atoms in total. The quantitative estimate of drug-likeness (QED) is 0.548. The lowest BCUT2D eigenvalue weighted by molar-refractivity contribution is -0.117. The summed E-state index contributed by atoms with van der Waals surface area (Å²) in [6.07, 6.45) is 6.68. The van der Waals surface area contributed by atoms with Gasteiger partial charge in [0, 0.05) is 22.9 Å². The van der Waals surface area contributed by atoms with Crippen LogP contribution in [0.2, 0.25) is 0 Å². The number of carbonyl (C=O) groups excluding carboxylic acids is 1. The number of ether oxygens (including phenoxy) is 1. The van der Waals surface area contributed by atoms with Gasteiger partial charge in [-0.3, -0.25) is 9.78 Å². The maximum Gasteiger partial charge on any atom is 0.244 e. The summed E-state index contributed by atoms with van der Waals surface area (Å²) in [4.78, 5) is 17.2. The Morgan fingerprint density at radius 1 is 1.20 bits per heavy atom. The van der Waals surface area contributed by atoms with Crippen molar-refractivity contribution in [3.63, 3.8) is 0 Å². The van der Waals surface area contributed by atoms with Crippen molar-refractivity contribution in [3.8, 4) is 11.5 Å². The van der Waals surface area contributed by atoms with E-state index < -0.39 is 5.82 Å². The van der Waals surface area contributed by atoms with E-state index in [0.29, 0.717) is 11.3 Å². The fourth-order valence-electron chi connectivity index (χ4n) is 3.14. The van der Waals surface area contributed by atoms with Gasteiger partial charge < -0.3 is 10.1 Å². The molecule has 0 spiro atoms. The fraction of sp³-hybridized carbons (Fsp3) is 0.130. The maximum absolute atomic E-state index is 14.3. The van der Waals surface area contributed by atoms with E-state index in [0.717, 1.165) is 22.6 Å². The van der Waals surface area contributed by atoms with E-state index in [1.54, 1.807) is 42.2 Å². The number of thioether (sulfide) groups is 1. The van der Waals surface area contributed by atoms with Crippen molar-refractivity contribution >= 4 is 23.7 Å². The zero-order valence-electron chi connectivity index (χ0n) is 15.8. The Labute approximate surface area is 177 Å². The van der Waals surface area contributed by atoms with Crippen LogP contribution in [0.15, 0.2) is 71.9 Å². The Morgan fingerprint density at radius 3 is 2.90 bits per heavy atom. The van der Waals surface area contributed by atoms with Crippen molar-refractivity contribution in [2.75, 3.05) is 5.75 Å². The van der Waals surface area contributed by atoms with Crippen LogP contribution in [0, 0.1) is 11.6 Å². The van der Waals surface area contributed by atoms with Gasteiger partial charge in [-0.2, -0.15) is 0 Å². The lowest BCUT2D eigenvalue weighted by atomic mass is 10.0. The highest BCUT2D eigenvalue weighted by molar-refractivity contribution is 7.99. The molecular weight excluding hydrogens is 406 g/mol. The van der Waals surface area contributed by atoms with Crippen LogP contribution < -0.4 is 10.1 Å². The van der Waals surface area contributed by atoms with Crippen LogP contribution in [0.5, 0.6) is 11.5 Å². The number of carbonyl (C=O) groups is 1. The second-order valence-corrected chi connectivity index (χ2v) is 7.83. The molecular formula is C23H18F2N2O2S. The number of halogens is 2. The summed E-state index contributed by atoms with van der Waals surface area (Å²) in [6, 6.07) is 12.2. The molecule has 1 N–H and O–H groups in total. The highest BCUT2D eigenvalue weighted by atomic mass is 32.2. The van der Waals surface area contributed by atoms with Gasteiger partial charge in [0.05, 0.1) is 12.2 Å². The van der Waals surface area contributed by atoms with Gasteiger partial charge in [-0.15, -0.1) is 11.8 Å². The fourth-order valence-corrected chi connectivity index (χ4v) is 4.25. The molecule has 1 amide bonds. The molecule has 0 radical (unpaired) electrons. The predicted molar refractivity (Wildman–Crippen MR) is 112 cm³/mol. The lowest BCUT2D eigenvalue weighted by Gasteiger charge is -2.25. The van der Waals surface area contributed by atoms with Crippen LogP contribution in [0.1, 0.15) is 23.6 Å². The molecule has 1 unspecified atom stereocenters. The molecule has 0 fully saturated rings. The number of nitrogens with one attached hydrogen (secondary N) is 1. The second-order valence-electron chi connectivity index (χ2n) is 6.69. The summed E-state index contributed by atoms with van der Waals surface area (Å²) in [6.45, 7) is 0. The zero-order valence-corrected chi connectivity index (χ0v) is 16.7. The van der Waals surface area contributed by atoms with Crippen molar-refractivity contribution in [2.45, 2.75) is 17.4 Å². The molecule has 3 aromatic rings. The summed E-state index contributed by atoms with van der Waals surface area (Å²) in [5.74, 6) is 0.157. The topological polar surface area (TPSA) is 51.2 Å². The van der Waals surface area contributed by atoms with Crippen molar-refractivity contribution in [3.05, 3.63) is 89.8 Å². The average molecular weight is 424 g/mol. The molecule has 2 aromatic carbocycles. The van der Waals surface area contributed by atoms with Crippen LogP contribution >= 0.6 is 11.8 Å². The summed E-state index contributed by atoms with van der Waals surface area (Å²) >= 11 is 1.65. The molecule has 2 heterocycles. The summed E-state index contributed by atoms with van der Waals surface area (Å²) in [7, 11) is 0. The number of rotatable bonds is 5. The molecule has 30 heavy (non-hydrogen) atoms. The van der Waals surface area contributed by atoms with E-state index in [1.807, 2.05) is 0 Å². The first-order chi connectivity index (χ1) is 14.6. The Hall–Kier alpha value is -3.19. The Morgan fingerprint density at radius 2 is 2.10 bits per heavy atom. The van der Waals surface area contributed by atoms with Crippen molar-refractivity contribution in [1.29, 1.82) is 0 Å². The average Bonchev–Trinajstić information content (AvgIpc) is 2.75. The third-order valence-electron chi connectivity index (χ3n) is 4.57. The van der Waals surface area contributed by atoms with E-state index in [9.17, 15) is 13.6 Å². The van der Waals surface area contributed by atoms with Crippen LogP contribution in [-0.2, 0) is 4.79 Å². The van der Waals surface area contributed by atoms with Crippen molar-refractivity contribution < 1.29 is 18.3 Å². The predicted octanol–water partition coefficient (Wildman–Crippen LogP) is 5.52. The number of nitrogens with zero attached hydrogens (tertiary/aromatic N) is 1. The molecule has 4 rings (SSSR count). The zero-order chi connectivity index (χ0) is 20.9. The first kappa shape index (κ1) is 20.1. The van der Waals surface area contributed by atoms with Gasteiger partial charge in [-0.1, -0.05) is 6.07 Å². The van der Waals surface area contributed by atoms with Crippen molar-refractivity contribution in [1.82, 2.24) is 10.3 Å². The number of fused-ring (bicyclic) bond motifs is 1. The van der Waals surface area contributed by atoms with Gasteiger partial charge in [-0.25, -0.2) is 8.78 Å². The summed E-state index contributed by atoms with van der Waals surface area (Å²) in [5, 5.41) is 2.90. The van der Waals surface area contributed by atoms with Gasteiger partial charge in [0.25, 0.3) is 0 Å². The van der Waals surface area contributed by atoms with E-state index in [4.69, 9.17) is 4.74 Å². The van der Waals surface area contributed by atoms with Gasteiger partial charge in [0.15, 0.2) is 11.6 Å². The molecule has 1 atom stereocenters. The SMILES string of the molecule is O=C(/C=C/c1ccc(Oc2cccnc2)c(F)c1)NC1CCSc2ccc(F)cc21. The van der Waals surface area contributed by atoms with Crippen LogP contribution in [0.4, 0.5) is 8.78 Å². The van der Waals surface area contributed by atoms with Gasteiger partial charge in [0.1, 0.15) is 11.6 Å². The number of hydrogen-bond donors (Lipinski definition) is 1. The van der Waals surface area contributed by atoms with E-state index in [2.05, 4.69) is 10.3 Å². The molecule has 7 heteroatoms. The second kappa shape index (κ2) is 9.09. The first-order valence-electron chi connectivity index (χ1n) is 9.37. The van der Waals surface area contributed by atoms with Crippen LogP contribution in [0.3, 0.4) is 0 Å². The third-order valence-corrected chi connectivity index (χ3v) is 5.70. The highest BCUT2D eigenvalue weighted by Gasteiger charge is 2.22. The standard InChI is InChI=1S/C23H18F2N2O2S/c24-16-5-7-22-18(13-16)20(9-11-30-22)27-23(28)8-4-15-3-6-21(19(25)12-15)29-17-2-1-10-26-14-17/h1-8,10,12-14,20H,9,11H2,(H,27,28)/b8-4+. The normalized spacial score (nSPS) is 15.6. The number of aromatic nitrogens is 1. The minimum atomic E-state index is -0.546. The first-order valence-corrected chi connectivity index (χ1v) is 10.4. The summed E-state index contributed by atoms with van der Waals surface area (Å²) in [5.41, 5.74) is 1.31. The Bertz CT molecular complexity index is 1090. The molecule has 0 aliphatic carbocycles. The molecule has 0 bridgehead atoms. The number of amides is 1. The third kappa shape index (κ3) is 4.86. The maximum atomic E-state index is 14.3. The van der Waals surface area contributed by atoms with Gasteiger partial charge in [0.2, 0.25) is 5.91 Å². The van der Waals surface area contributed by atoms with E-state index in [1.165, 1.54) is 42.6 Å². The Kier molecular flexibility index (Phi) is 6.09. The van der Waals surface area contributed by atoms with Gasteiger partial charge >= 0.3 is 0 Å². The van der Waals surface area contributed by atoms with E-state index in [-0.39, 0.29) is 23.5 Å². The smallest absolute Gasteiger partial charge is 0.244 e.